The first-order chi connectivity index (χ1) is 9.56. The Bertz CT molecular complexity index is 604. The number of aromatic nitrogens is 1. The Morgan fingerprint density at radius 1 is 1.30 bits per heavy atom. The lowest BCUT2D eigenvalue weighted by Crippen LogP contribution is -2.32. The summed E-state index contributed by atoms with van der Waals surface area (Å²) in [5.74, 6) is -0.462. The summed E-state index contributed by atoms with van der Waals surface area (Å²) >= 11 is 0. The Labute approximate surface area is 117 Å². The molecule has 2 aromatic rings. The van der Waals surface area contributed by atoms with Crippen molar-refractivity contribution in [3.05, 3.63) is 48.0 Å². The maximum atomic E-state index is 13.0. The second-order valence-electron chi connectivity index (χ2n) is 4.47. The molecule has 4 nitrogen and oxygen atoms in total. The van der Waals surface area contributed by atoms with E-state index in [9.17, 15) is 9.18 Å². The van der Waals surface area contributed by atoms with Gasteiger partial charge in [0.1, 0.15) is 11.5 Å². The third kappa shape index (κ3) is 2.66. The van der Waals surface area contributed by atoms with Crippen molar-refractivity contribution in [3.63, 3.8) is 0 Å². The van der Waals surface area contributed by atoms with Crippen LogP contribution in [0.25, 0.3) is 0 Å². The van der Waals surface area contributed by atoms with Gasteiger partial charge in [-0.15, -0.1) is 0 Å². The highest BCUT2D eigenvalue weighted by Gasteiger charge is 2.19. The van der Waals surface area contributed by atoms with Crippen molar-refractivity contribution >= 4 is 17.3 Å². The molecule has 1 heterocycles. The molecule has 2 N–H and O–H groups in total. The zero-order valence-electron chi connectivity index (χ0n) is 11.6. The maximum Gasteiger partial charge on any atom is 0.274 e. The van der Waals surface area contributed by atoms with Gasteiger partial charge in [0.25, 0.3) is 5.91 Å². The van der Waals surface area contributed by atoms with Crippen LogP contribution >= 0.6 is 0 Å². The number of hydrogen-bond acceptors (Lipinski definition) is 2. The molecular formula is C15H18FN3O. The molecule has 0 aliphatic heterocycles. The molecule has 1 aromatic carbocycles. The van der Waals surface area contributed by atoms with E-state index in [0.29, 0.717) is 30.2 Å². The third-order valence-corrected chi connectivity index (χ3v) is 3.18. The van der Waals surface area contributed by atoms with Crippen LogP contribution in [-0.4, -0.2) is 17.0 Å². The first kappa shape index (κ1) is 14.1. The van der Waals surface area contributed by atoms with Gasteiger partial charge in [0.2, 0.25) is 0 Å². The van der Waals surface area contributed by atoms with Gasteiger partial charge < -0.3 is 15.2 Å². The lowest BCUT2D eigenvalue weighted by atomic mass is 10.2. The number of benzene rings is 1. The lowest BCUT2D eigenvalue weighted by molar-refractivity contribution is 0.0979. The smallest absolute Gasteiger partial charge is 0.274 e. The van der Waals surface area contributed by atoms with E-state index in [1.807, 2.05) is 18.4 Å². The average Bonchev–Trinajstić information content (AvgIpc) is 2.82. The summed E-state index contributed by atoms with van der Waals surface area (Å²) in [4.78, 5) is 14.2. The van der Waals surface area contributed by atoms with Crippen LogP contribution in [0.4, 0.5) is 15.8 Å². The number of nitrogens with two attached hydrogens (primary N) is 1. The lowest BCUT2D eigenvalue weighted by Gasteiger charge is -2.21. The van der Waals surface area contributed by atoms with Gasteiger partial charge in [0, 0.05) is 25.0 Å². The zero-order chi connectivity index (χ0) is 14.7. The molecule has 0 saturated carbocycles. The van der Waals surface area contributed by atoms with Crippen LogP contribution in [0.2, 0.25) is 0 Å². The molecule has 0 unspecified atom stereocenters. The van der Waals surface area contributed by atoms with E-state index in [1.165, 1.54) is 12.1 Å². The summed E-state index contributed by atoms with van der Waals surface area (Å²) in [5.41, 5.74) is 7.52. The van der Waals surface area contributed by atoms with Crippen molar-refractivity contribution in [2.45, 2.75) is 20.4 Å². The number of carbonyl (C=O) groups excluding carboxylic acids is 1. The molecule has 0 fully saturated rings. The Morgan fingerprint density at radius 2 is 1.95 bits per heavy atom. The summed E-state index contributed by atoms with van der Waals surface area (Å²) in [6, 6.07) is 7.55. The van der Waals surface area contributed by atoms with E-state index in [0.717, 1.165) is 0 Å². The van der Waals surface area contributed by atoms with E-state index in [2.05, 4.69) is 0 Å². The fourth-order valence-electron chi connectivity index (χ4n) is 2.18. The van der Waals surface area contributed by atoms with Crippen molar-refractivity contribution in [2.75, 3.05) is 17.2 Å². The van der Waals surface area contributed by atoms with E-state index >= 15 is 0 Å². The minimum absolute atomic E-state index is 0.141. The van der Waals surface area contributed by atoms with Gasteiger partial charge in [-0.25, -0.2) is 4.39 Å². The molecule has 1 amide bonds. The quantitative estimate of drug-likeness (QED) is 0.932. The van der Waals surface area contributed by atoms with Crippen LogP contribution in [-0.2, 0) is 6.54 Å². The molecule has 0 bridgehead atoms. The van der Waals surface area contributed by atoms with Gasteiger partial charge in [0.15, 0.2) is 0 Å². The summed E-state index contributed by atoms with van der Waals surface area (Å²) in [6.45, 7) is 4.99. The fourth-order valence-corrected chi connectivity index (χ4v) is 2.18. The van der Waals surface area contributed by atoms with Gasteiger partial charge >= 0.3 is 0 Å². The number of anilines is 2. The van der Waals surface area contributed by atoms with Gasteiger partial charge in [-0.3, -0.25) is 4.79 Å². The average molecular weight is 275 g/mol. The molecule has 106 valence electrons. The predicted octanol–water partition coefficient (Wildman–Crippen LogP) is 2.90. The number of amides is 1. The van der Waals surface area contributed by atoms with Crippen LogP contribution in [0.15, 0.2) is 36.5 Å². The molecule has 0 aliphatic carbocycles. The second kappa shape index (κ2) is 5.77. The summed E-state index contributed by atoms with van der Waals surface area (Å²) in [7, 11) is 0. The molecule has 0 atom stereocenters. The summed E-state index contributed by atoms with van der Waals surface area (Å²) in [6.07, 6.45) is 1.74. The van der Waals surface area contributed by atoms with Crippen molar-refractivity contribution in [3.8, 4) is 0 Å². The number of hydrogen-bond donors (Lipinski definition) is 1. The molecule has 2 rings (SSSR count). The molecule has 20 heavy (non-hydrogen) atoms. The largest absolute Gasteiger partial charge is 0.397 e. The van der Waals surface area contributed by atoms with Gasteiger partial charge in [-0.1, -0.05) is 0 Å². The molecule has 5 heteroatoms. The minimum atomic E-state index is -0.321. The van der Waals surface area contributed by atoms with Crippen molar-refractivity contribution in [1.82, 2.24) is 4.57 Å². The SMILES string of the molecule is CCN(C(=O)c1cc(N)cn1CC)c1ccc(F)cc1. The number of nitrogen functional groups attached to an aromatic ring is 1. The van der Waals surface area contributed by atoms with E-state index in [4.69, 9.17) is 5.73 Å². The van der Waals surface area contributed by atoms with E-state index in [-0.39, 0.29) is 11.7 Å². The monoisotopic (exact) mass is 275 g/mol. The highest BCUT2D eigenvalue weighted by Crippen LogP contribution is 2.19. The summed E-state index contributed by atoms with van der Waals surface area (Å²) in [5, 5.41) is 0. The van der Waals surface area contributed by atoms with Crippen LogP contribution in [0.3, 0.4) is 0 Å². The van der Waals surface area contributed by atoms with Gasteiger partial charge in [0.05, 0.1) is 5.69 Å². The standard InChI is InChI=1S/C15H18FN3O/c1-3-18-10-12(17)9-14(18)15(20)19(4-2)13-7-5-11(16)6-8-13/h5-10H,3-4,17H2,1-2H3. The Hall–Kier alpha value is -2.30. The highest BCUT2D eigenvalue weighted by molar-refractivity contribution is 6.05. The molecule has 0 saturated heterocycles. The highest BCUT2D eigenvalue weighted by atomic mass is 19.1. The van der Waals surface area contributed by atoms with Gasteiger partial charge in [-0.05, 0) is 44.2 Å². The van der Waals surface area contributed by atoms with Crippen LogP contribution in [0.1, 0.15) is 24.3 Å². The number of nitrogens with zero attached hydrogens (tertiary/aromatic N) is 2. The topological polar surface area (TPSA) is 51.3 Å². The first-order valence-corrected chi connectivity index (χ1v) is 6.59. The number of aryl methyl sites for hydroxylation is 1. The summed E-state index contributed by atoms with van der Waals surface area (Å²) < 4.78 is 14.8. The minimum Gasteiger partial charge on any atom is -0.397 e. The van der Waals surface area contributed by atoms with Crippen molar-refractivity contribution < 1.29 is 9.18 Å². The maximum absolute atomic E-state index is 13.0. The third-order valence-electron chi connectivity index (χ3n) is 3.18. The molecular weight excluding hydrogens is 257 g/mol. The zero-order valence-corrected chi connectivity index (χ0v) is 11.6. The van der Waals surface area contributed by atoms with Crippen LogP contribution in [0.5, 0.6) is 0 Å². The predicted molar refractivity (Wildman–Crippen MR) is 78.3 cm³/mol. The molecule has 0 spiro atoms. The van der Waals surface area contributed by atoms with Crippen LogP contribution < -0.4 is 10.6 Å². The normalized spacial score (nSPS) is 10.6. The Morgan fingerprint density at radius 3 is 2.50 bits per heavy atom. The number of rotatable bonds is 4. The first-order valence-electron chi connectivity index (χ1n) is 6.59. The molecule has 0 radical (unpaired) electrons. The van der Waals surface area contributed by atoms with E-state index in [1.54, 1.807) is 29.3 Å². The number of halogens is 1. The van der Waals surface area contributed by atoms with Crippen molar-refractivity contribution in [1.29, 1.82) is 0 Å². The number of carbonyl (C=O) groups is 1. The molecule has 0 aliphatic rings. The second-order valence-corrected chi connectivity index (χ2v) is 4.47. The van der Waals surface area contributed by atoms with E-state index < -0.39 is 0 Å². The van der Waals surface area contributed by atoms with Crippen molar-refractivity contribution in [2.24, 2.45) is 0 Å². The fraction of sp³-hybridized carbons (Fsp3) is 0.267. The Balaban J connectivity index is 2.36. The Kier molecular flexibility index (Phi) is 4.08. The molecule has 1 aromatic heterocycles. The van der Waals surface area contributed by atoms with Gasteiger partial charge in [-0.2, -0.15) is 0 Å². The van der Waals surface area contributed by atoms with Crippen LogP contribution in [0, 0.1) is 5.82 Å².